The second kappa shape index (κ2) is 8.75. The maximum atomic E-state index is 11.9. The van der Waals surface area contributed by atoms with Crippen LogP contribution in [0, 0.1) is 6.92 Å². The molecule has 0 aliphatic heterocycles. The lowest BCUT2D eigenvalue weighted by molar-refractivity contribution is 0.201. The van der Waals surface area contributed by atoms with Crippen molar-refractivity contribution in [1.29, 1.82) is 0 Å². The Bertz CT molecular complexity index is 930. The fourth-order valence-electron chi connectivity index (χ4n) is 2.95. The number of nitrogens with one attached hydrogen (secondary N) is 2. The summed E-state index contributed by atoms with van der Waals surface area (Å²) in [5.41, 5.74) is 4.75. The van der Waals surface area contributed by atoms with Crippen LogP contribution in [0.1, 0.15) is 22.6 Å². The minimum Gasteiger partial charge on any atom is -0.384 e. The molecular weight excluding hydrogens is 342 g/mol. The van der Waals surface area contributed by atoms with E-state index in [1.807, 2.05) is 19.1 Å². The highest BCUT2D eigenvalue weighted by atomic mass is 16.5. The predicted octanol–water partition coefficient (Wildman–Crippen LogP) is 2.29. The molecule has 1 aromatic carbocycles. The number of nitrogens with zero attached hydrogens (tertiary/aromatic N) is 3. The van der Waals surface area contributed by atoms with Gasteiger partial charge in [0.25, 0.3) is 5.56 Å². The molecule has 7 nitrogen and oxygen atoms in total. The van der Waals surface area contributed by atoms with E-state index in [4.69, 9.17) is 4.74 Å². The van der Waals surface area contributed by atoms with Gasteiger partial charge >= 0.3 is 0 Å². The highest BCUT2D eigenvalue weighted by Crippen LogP contribution is 2.16. The van der Waals surface area contributed by atoms with Crippen LogP contribution in [0.5, 0.6) is 0 Å². The Labute approximate surface area is 158 Å². The Kier molecular flexibility index (Phi) is 6.16. The SMILES string of the molecule is COCCc1cc(=O)[nH]c(-c2ccc(CN(C)Cc3cc(C)[nH]n3)cc2)n1. The summed E-state index contributed by atoms with van der Waals surface area (Å²) in [6.45, 7) is 4.13. The normalized spacial score (nSPS) is 11.3. The minimum atomic E-state index is -0.149. The topological polar surface area (TPSA) is 86.9 Å². The molecule has 0 saturated heterocycles. The molecule has 0 spiro atoms. The number of hydrogen-bond acceptors (Lipinski definition) is 5. The molecule has 3 rings (SSSR count). The number of methoxy groups -OCH3 is 1. The van der Waals surface area contributed by atoms with Gasteiger partial charge in [0.05, 0.1) is 18.0 Å². The van der Waals surface area contributed by atoms with Crippen LogP contribution in [-0.4, -0.2) is 45.8 Å². The van der Waals surface area contributed by atoms with Crippen molar-refractivity contribution in [3.8, 4) is 11.4 Å². The Morgan fingerprint density at radius 3 is 2.56 bits per heavy atom. The Morgan fingerprint density at radius 1 is 1.11 bits per heavy atom. The number of hydrogen-bond donors (Lipinski definition) is 2. The van der Waals surface area contributed by atoms with Gasteiger partial charge in [-0.05, 0) is 25.6 Å². The van der Waals surface area contributed by atoms with Gasteiger partial charge in [-0.15, -0.1) is 0 Å². The molecular formula is C20H25N5O2. The summed E-state index contributed by atoms with van der Waals surface area (Å²) in [6.07, 6.45) is 0.614. The van der Waals surface area contributed by atoms with Crippen LogP contribution >= 0.6 is 0 Å². The smallest absolute Gasteiger partial charge is 0.251 e. The molecule has 0 fully saturated rings. The molecule has 7 heteroatoms. The van der Waals surface area contributed by atoms with Crippen LogP contribution < -0.4 is 5.56 Å². The van der Waals surface area contributed by atoms with E-state index in [0.29, 0.717) is 18.9 Å². The fourth-order valence-corrected chi connectivity index (χ4v) is 2.95. The maximum absolute atomic E-state index is 11.9. The van der Waals surface area contributed by atoms with E-state index >= 15 is 0 Å². The first-order valence-electron chi connectivity index (χ1n) is 8.91. The Hall–Kier alpha value is -2.77. The lowest BCUT2D eigenvalue weighted by atomic mass is 10.1. The molecule has 0 amide bonds. The quantitative estimate of drug-likeness (QED) is 0.638. The zero-order valence-corrected chi connectivity index (χ0v) is 16.0. The number of aromatic amines is 2. The molecule has 0 radical (unpaired) electrons. The largest absolute Gasteiger partial charge is 0.384 e. The number of H-pyrrole nitrogens is 2. The minimum absolute atomic E-state index is 0.149. The van der Waals surface area contributed by atoms with Crippen LogP contribution in [0.4, 0.5) is 0 Å². The van der Waals surface area contributed by atoms with Gasteiger partial charge in [-0.1, -0.05) is 24.3 Å². The van der Waals surface area contributed by atoms with Crippen molar-refractivity contribution in [2.45, 2.75) is 26.4 Å². The molecule has 0 aliphatic rings. The van der Waals surface area contributed by atoms with Crippen molar-refractivity contribution in [1.82, 2.24) is 25.1 Å². The zero-order chi connectivity index (χ0) is 19.2. The number of aryl methyl sites for hydroxylation is 1. The van der Waals surface area contributed by atoms with Gasteiger partial charge in [0.2, 0.25) is 0 Å². The summed E-state index contributed by atoms with van der Waals surface area (Å²) < 4.78 is 5.06. The van der Waals surface area contributed by atoms with Crippen LogP contribution in [0.2, 0.25) is 0 Å². The Morgan fingerprint density at radius 2 is 1.89 bits per heavy atom. The van der Waals surface area contributed by atoms with Gasteiger partial charge in [-0.2, -0.15) is 5.10 Å². The molecule has 2 aromatic heterocycles. The van der Waals surface area contributed by atoms with E-state index in [-0.39, 0.29) is 5.56 Å². The van der Waals surface area contributed by atoms with Gasteiger partial charge in [0.1, 0.15) is 5.82 Å². The summed E-state index contributed by atoms with van der Waals surface area (Å²) in [5, 5.41) is 7.24. The van der Waals surface area contributed by atoms with Crippen LogP contribution in [0.3, 0.4) is 0 Å². The predicted molar refractivity (Wildman–Crippen MR) is 104 cm³/mol. The first-order chi connectivity index (χ1) is 13.0. The fraction of sp³-hybridized carbons (Fsp3) is 0.350. The molecule has 0 saturated carbocycles. The van der Waals surface area contributed by atoms with Crippen LogP contribution in [0.25, 0.3) is 11.4 Å². The van der Waals surface area contributed by atoms with E-state index in [1.54, 1.807) is 7.11 Å². The van der Waals surface area contributed by atoms with Gasteiger partial charge in [-0.3, -0.25) is 14.8 Å². The van der Waals surface area contributed by atoms with Crippen molar-refractivity contribution in [3.05, 3.63) is 69.4 Å². The third-order valence-corrected chi connectivity index (χ3v) is 4.23. The lowest BCUT2D eigenvalue weighted by Gasteiger charge is -2.15. The monoisotopic (exact) mass is 367 g/mol. The molecule has 0 aliphatic carbocycles. The van der Waals surface area contributed by atoms with Crippen molar-refractivity contribution < 1.29 is 4.74 Å². The lowest BCUT2D eigenvalue weighted by Crippen LogP contribution is -2.17. The first kappa shape index (κ1) is 19.0. The highest BCUT2D eigenvalue weighted by Gasteiger charge is 2.07. The summed E-state index contributed by atoms with van der Waals surface area (Å²) in [6, 6.07) is 11.7. The molecule has 3 aromatic rings. The average Bonchev–Trinajstić information content (AvgIpc) is 3.04. The van der Waals surface area contributed by atoms with E-state index < -0.39 is 0 Å². The van der Waals surface area contributed by atoms with Crippen molar-refractivity contribution >= 4 is 0 Å². The summed E-state index contributed by atoms with van der Waals surface area (Å²) >= 11 is 0. The van der Waals surface area contributed by atoms with Gasteiger partial charge in [-0.25, -0.2) is 4.98 Å². The summed E-state index contributed by atoms with van der Waals surface area (Å²) in [4.78, 5) is 21.4. The first-order valence-corrected chi connectivity index (χ1v) is 8.91. The van der Waals surface area contributed by atoms with Gasteiger partial charge < -0.3 is 9.72 Å². The zero-order valence-electron chi connectivity index (χ0n) is 16.0. The molecule has 2 heterocycles. The van der Waals surface area contributed by atoms with E-state index in [2.05, 4.69) is 50.3 Å². The second-order valence-corrected chi connectivity index (χ2v) is 6.74. The molecule has 0 atom stereocenters. The molecule has 27 heavy (non-hydrogen) atoms. The number of ether oxygens (including phenoxy) is 1. The summed E-state index contributed by atoms with van der Waals surface area (Å²) in [5.74, 6) is 0.584. The van der Waals surface area contributed by atoms with Crippen LogP contribution in [0.15, 0.2) is 41.2 Å². The van der Waals surface area contributed by atoms with Gasteiger partial charge in [0.15, 0.2) is 0 Å². The van der Waals surface area contributed by atoms with E-state index in [0.717, 1.165) is 35.7 Å². The van der Waals surface area contributed by atoms with Crippen molar-refractivity contribution in [3.63, 3.8) is 0 Å². The Balaban J connectivity index is 1.68. The second-order valence-electron chi connectivity index (χ2n) is 6.74. The highest BCUT2D eigenvalue weighted by molar-refractivity contribution is 5.55. The number of benzene rings is 1. The van der Waals surface area contributed by atoms with Crippen LogP contribution in [-0.2, 0) is 24.2 Å². The number of rotatable bonds is 8. The average molecular weight is 367 g/mol. The molecule has 142 valence electrons. The van der Waals surface area contributed by atoms with Gasteiger partial charge in [0, 0.05) is 43.9 Å². The van der Waals surface area contributed by atoms with Crippen molar-refractivity contribution in [2.24, 2.45) is 0 Å². The maximum Gasteiger partial charge on any atom is 0.251 e. The van der Waals surface area contributed by atoms with Crippen molar-refractivity contribution in [2.75, 3.05) is 20.8 Å². The summed E-state index contributed by atoms with van der Waals surface area (Å²) in [7, 11) is 3.70. The van der Waals surface area contributed by atoms with E-state index in [1.165, 1.54) is 11.6 Å². The molecule has 0 unspecified atom stereocenters. The van der Waals surface area contributed by atoms with E-state index in [9.17, 15) is 4.79 Å². The third kappa shape index (κ3) is 5.35. The molecule has 2 N–H and O–H groups in total. The molecule has 0 bridgehead atoms. The third-order valence-electron chi connectivity index (χ3n) is 4.23. The standard InChI is InChI=1S/C20H25N5O2/c1-14-10-18(24-23-14)13-25(2)12-15-4-6-16(7-5-15)20-21-17(8-9-27-3)11-19(26)22-20/h4-7,10-11H,8-9,12-13H2,1-3H3,(H,23,24)(H,21,22,26). The number of aromatic nitrogens is 4.